The Morgan fingerprint density at radius 2 is 2.22 bits per heavy atom. The SMILES string of the molecule is CCOC(=O)[C@@H]1C[C@H]1c1nc2sc(C(=O)NC)c(C)c2c(=O)[nH]1. The maximum absolute atomic E-state index is 12.3. The van der Waals surface area contributed by atoms with E-state index in [-0.39, 0.29) is 29.3 Å². The van der Waals surface area contributed by atoms with Gasteiger partial charge >= 0.3 is 5.97 Å². The topological polar surface area (TPSA) is 101 Å². The van der Waals surface area contributed by atoms with Crippen molar-refractivity contribution in [3.8, 4) is 0 Å². The number of ether oxygens (including phenoxy) is 1. The molecule has 0 aliphatic heterocycles. The number of nitrogens with one attached hydrogen (secondary N) is 2. The van der Waals surface area contributed by atoms with Gasteiger partial charge in [-0.1, -0.05) is 0 Å². The number of fused-ring (bicyclic) bond motifs is 1. The van der Waals surface area contributed by atoms with Crippen molar-refractivity contribution in [1.29, 1.82) is 0 Å². The summed E-state index contributed by atoms with van der Waals surface area (Å²) < 4.78 is 5.00. The predicted molar refractivity (Wildman–Crippen MR) is 85.8 cm³/mol. The van der Waals surface area contributed by atoms with Gasteiger partial charge in [-0.05, 0) is 25.8 Å². The molecule has 1 aliphatic carbocycles. The molecule has 2 N–H and O–H groups in total. The highest BCUT2D eigenvalue weighted by molar-refractivity contribution is 7.20. The Balaban J connectivity index is 1.98. The molecule has 0 saturated heterocycles. The molecule has 2 aromatic heterocycles. The first-order valence-electron chi connectivity index (χ1n) is 7.39. The van der Waals surface area contributed by atoms with Gasteiger partial charge in [0.15, 0.2) is 0 Å². The minimum absolute atomic E-state index is 0.114. The molecule has 3 rings (SSSR count). The number of carbonyl (C=O) groups excluding carboxylic acids is 2. The zero-order chi connectivity index (χ0) is 16.7. The number of nitrogens with zero attached hydrogens (tertiary/aromatic N) is 1. The number of aromatic nitrogens is 2. The number of thiophene rings is 1. The van der Waals surface area contributed by atoms with Crippen molar-refractivity contribution in [3.63, 3.8) is 0 Å². The smallest absolute Gasteiger partial charge is 0.309 e. The monoisotopic (exact) mass is 335 g/mol. The Labute approximate surface area is 136 Å². The van der Waals surface area contributed by atoms with Gasteiger partial charge in [-0.3, -0.25) is 14.4 Å². The zero-order valence-electron chi connectivity index (χ0n) is 13.1. The van der Waals surface area contributed by atoms with Crippen molar-refractivity contribution >= 4 is 33.4 Å². The molecular weight excluding hydrogens is 318 g/mol. The van der Waals surface area contributed by atoms with Crippen molar-refractivity contribution in [1.82, 2.24) is 15.3 Å². The lowest BCUT2D eigenvalue weighted by Gasteiger charge is -2.01. The standard InChI is InChI=1S/C15H17N3O4S/c1-4-22-15(21)8-5-7(8)11-17-12(19)9-6(2)10(13(20)16-3)23-14(9)18-11/h7-8H,4-5H2,1-3H3,(H,16,20)(H,17,18,19)/t7-,8-/m1/s1. The molecule has 23 heavy (non-hydrogen) atoms. The lowest BCUT2D eigenvalue weighted by atomic mass is 10.2. The van der Waals surface area contributed by atoms with E-state index >= 15 is 0 Å². The number of aryl methyl sites for hydroxylation is 1. The van der Waals surface area contributed by atoms with Crippen LogP contribution in [0.4, 0.5) is 0 Å². The van der Waals surface area contributed by atoms with Crippen LogP contribution in [0.1, 0.15) is 40.3 Å². The second kappa shape index (κ2) is 5.77. The van der Waals surface area contributed by atoms with E-state index in [4.69, 9.17) is 4.74 Å². The first-order valence-corrected chi connectivity index (χ1v) is 8.21. The van der Waals surface area contributed by atoms with E-state index in [9.17, 15) is 14.4 Å². The maximum atomic E-state index is 12.3. The van der Waals surface area contributed by atoms with Crippen LogP contribution in [0.2, 0.25) is 0 Å². The summed E-state index contributed by atoms with van der Waals surface area (Å²) in [4.78, 5) is 44.2. The summed E-state index contributed by atoms with van der Waals surface area (Å²) in [5.74, 6) is -0.354. The van der Waals surface area contributed by atoms with Crippen LogP contribution in [0, 0.1) is 12.8 Å². The van der Waals surface area contributed by atoms with E-state index in [2.05, 4.69) is 15.3 Å². The van der Waals surface area contributed by atoms with Crippen LogP contribution >= 0.6 is 11.3 Å². The van der Waals surface area contributed by atoms with Crippen LogP contribution in [0.15, 0.2) is 4.79 Å². The van der Waals surface area contributed by atoms with Crippen LogP contribution in [0.5, 0.6) is 0 Å². The Morgan fingerprint density at radius 3 is 2.87 bits per heavy atom. The summed E-state index contributed by atoms with van der Waals surface area (Å²) in [5.41, 5.74) is 0.353. The highest BCUT2D eigenvalue weighted by Crippen LogP contribution is 2.47. The molecule has 2 atom stereocenters. The third-order valence-corrected chi connectivity index (χ3v) is 5.17. The summed E-state index contributed by atoms with van der Waals surface area (Å²) in [6.45, 7) is 3.83. The molecule has 0 bridgehead atoms. The van der Waals surface area contributed by atoms with E-state index < -0.39 is 0 Å². The van der Waals surface area contributed by atoms with E-state index in [1.165, 1.54) is 11.3 Å². The predicted octanol–water partition coefficient (Wildman–Crippen LogP) is 1.32. The number of rotatable bonds is 4. The van der Waals surface area contributed by atoms with E-state index in [0.29, 0.717) is 39.5 Å². The van der Waals surface area contributed by atoms with Crippen molar-refractivity contribution in [2.24, 2.45) is 5.92 Å². The third kappa shape index (κ3) is 2.63. The number of H-pyrrole nitrogens is 1. The number of esters is 1. The molecule has 0 unspecified atom stereocenters. The number of hydrogen-bond donors (Lipinski definition) is 2. The molecule has 1 saturated carbocycles. The number of hydrogen-bond acceptors (Lipinski definition) is 6. The lowest BCUT2D eigenvalue weighted by molar-refractivity contribution is -0.144. The molecule has 8 heteroatoms. The average Bonchev–Trinajstić information content (AvgIpc) is 3.25. The third-order valence-electron chi connectivity index (χ3n) is 3.98. The molecule has 0 aromatic carbocycles. The number of carbonyl (C=O) groups is 2. The summed E-state index contributed by atoms with van der Waals surface area (Å²) in [5, 5.41) is 2.99. The summed E-state index contributed by atoms with van der Waals surface area (Å²) in [6, 6.07) is 0. The molecule has 1 fully saturated rings. The van der Waals surface area contributed by atoms with Crippen molar-refractivity contribution in [2.45, 2.75) is 26.2 Å². The van der Waals surface area contributed by atoms with E-state index in [0.717, 1.165) is 0 Å². The average molecular weight is 335 g/mol. The van der Waals surface area contributed by atoms with Crippen molar-refractivity contribution < 1.29 is 14.3 Å². The van der Waals surface area contributed by atoms with Crippen molar-refractivity contribution in [2.75, 3.05) is 13.7 Å². The second-order valence-electron chi connectivity index (χ2n) is 5.47. The normalized spacial score (nSPS) is 19.6. The van der Waals surface area contributed by atoms with Crippen LogP contribution in [-0.2, 0) is 9.53 Å². The van der Waals surface area contributed by atoms with Crippen LogP contribution in [-0.4, -0.2) is 35.5 Å². The fourth-order valence-electron chi connectivity index (χ4n) is 2.67. The number of aromatic amines is 1. The minimum Gasteiger partial charge on any atom is -0.466 e. The summed E-state index contributed by atoms with van der Waals surface area (Å²) in [6.07, 6.45) is 0.625. The molecule has 0 spiro atoms. The minimum atomic E-state index is -0.275. The van der Waals surface area contributed by atoms with Gasteiger partial charge in [-0.15, -0.1) is 11.3 Å². The molecule has 1 aliphatic rings. The molecule has 2 heterocycles. The highest BCUT2D eigenvalue weighted by atomic mass is 32.1. The van der Waals surface area contributed by atoms with Gasteiger partial charge in [0.05, 0.1) is 22.8 Å². The van der Waals surface area contributed by atoms with Gasteiger partial charge in [0.25, 0.3) is 11.5 Å². The maximum Gasteiger partial charge on any atom is 0.309 e. The Bertz CT molecular complexity index is 854. The first-order chi connectivity index (χ1) is 11.0. The Morgan fingerprint density at radius 1 is 1.48 bits per heavy atom. The second-order valence-corrected chi connectivity index (χ2v) is 6.47. The van der Waals surface area contributed by atoms with Crippen LogP contribution < -0.4 is 10.9 Å². The molecule has 2 aromatic rings. The van der Waals surface area contributed by atoms with Gasteiger partial charge in [0.2, 0.25) is 0 Å². The van der Waals surface area contributed by atoms with Gasteiger partial charge < -0.3 is 15.0 Å². The van der Waals surface area contributed by atoms with E-state index in [1.54, 1.807) is 20.9 Å². The summed E-state index contributed by atoms with van der Waals surface area (Å²) in [7, 11) is 1.55. The Kier molecular flexibility index (Phi) is 3.93. The number of amides is 1. The van der Waals surface area contributed by atoms with Crippen LogP contribution in [0.3, 0.4) is 0 Å². The lowest BCUT2D eigenvalue weighted by Crippen LogP contribution is -2.17. The van der Waals surface area contributed by atoms with Gasteiger partial charge in [0, 0.05) is 13.0 Å². The fourth-order valence-corrected chi connectivity index (χ4v) is 3.81. The molecule has 1 amide bonds. The van der Waals surface area contributed by atoms with Crippen molar-refractivity contribution in [3.05, 3.63) is 26.6 Å². The van der Waals surface area contributed by atoms with Gasteiger partial charge in [-0.25, -0.2) is 4.98 Å². The molecular formula is C15H17N3O4S. The zero-order valence-corrected chi connectivity index (χ0v) is 13.9. The Hall–Kier alpha value is -2.22. The van der Waals surface area contributed by atoms with Crippen LogP contribution in [0.25, 0.3) is 10.2 Å². The van der Waals surface area contributed by atoms with E-state index in [1.807, 2.05) is 0 Å². The van der Waals surface area contributed by atoms with Gasteiger partial charge in [-0.2, -0.15) is 0 Å². The molecule has 7 nitrogen and oxygen atoms in total. The molecule has 0 radical (unpaired) electrons. The largest absolute Gasteiger partial charge is 0.466 e. The quantitative estimate of drug-likeness (QED) is 0.821. The summed E-state index contributed by atoms with van der Waals surface area (Å²) >= 11 is 1.19. The fraction of sp³-hybridized carbons (Fsp3) is 0.467. The highest BCUT2D eigenvalue weighted by Gasteiger charge is 2.47. The molecule has 122 valence electrons. The first kappa shape index (κ1) is 15.7. The van der Waals surface area contributed by atoms with Gasteiger partial charge in [0.1, 0.15) is 10.7 Å².